The lowest BCUT2D eigenvalue weighted by atomic mass is 10.2. The van der Waals surface area contributed by atoms with Crippen molar-refractivity contribution in [3.63, 3.8) is 0 Å². The van der Waals surface area contributed by atoms with Crippen LogP contribution in [0.1, 0.15) is 26.7 Å². The van der Waals surface area contributed by atoms with Crippen molar-refractivity contribution < 1.29 is 1.43 Å². The second kappa shape index (κ2) is 4.28. The number of nitrogens with zero attached hydrogens (tertiary/aromatic N) is 1. The minimum atomic E-state index is 0. The van der Waals surface area contributed by atoms with Crippen molar-refractivity contribution in [2.24, 2.45) is 0 Å². The van der Waals surface area contributed by atoms with Crippen LogP contribution >= 0.6 is 0 Å². The van der Waals surface area contributed by atoms with Crippen molar-refractivity contribution in [2.45, 2.75) is 20.4 Å². The van der Waals surface area contributed by atoms with Gasteiger partial charge in [0.1, 0.15) is 0 Å². The van der Waals surface area contributed by atoms with Crippen molar-refractivity contribution in [3.05, 3.63) is 29.6 Å². The molecule has 74 valence electrons. The van der Waals surface area contributed by atoms with Crippen LogP contribution in [0.3, 0.4) is 0 Å². The molecule has 0 aliphatic heterocycles. The summed E-state index contributed by atoms with van der Waals surface area (Å²) in [4.78, 5) is 5.54. The fourth-order valence-corrected chi connectivity index (χ4v) is 1.26. The van der Waals surface area contributed by atoms with Gasteiger partial charge < -0.3 is 9.88 Å². The second-order valence-electron chi connectivity index (χ2n) is 3.61. The van der Waals surface area contributed by atoms with Crippen molar-refractivity contribution in [1.82, 2.24) is 9.88 Å². The SMILES string of the molecule is CC=C(C)c1ccc(CN(C)C)[nH]1.[HH]. The summed E-state index contributed by atoms with van der Waals surface area (Å²) < 4.78 is 0. The molecule has 0 radical (unpaired) electrons. The number of nitrogens with one attached hydrogen (secondary N) is 1. The molecule has 1 aromatic rings. The smallest absolute Gasteiger partial charge is 0.0409 e. The van der Waals surface area contributed by atoms with Crippen LogP contribution in [0.15, 0.2) is 18.2 Å². The Hall–Kier alpha value is -1.02. The van der Waals surface area contributed by atoms with Crippen LogP contribution in [0.5, 0.6) is 0 Å². The molecule has 0 saturated heterocycles. The first kappa shape index (κ1) is 10.1. The summed E-state index contributed by atoms with van der Waals surface area (Å²) in [6.45, 7) is 5.14. The molecule has 0 saturated carbocycles. The Kier molecular flexibility index (Phi) is 3.32. The molecule has 0 aromatic carbocycles. The van der Waals surface area contributed by atoms with Gasteiger partial charge in [-0.3, -0.25) is 0 Å². The van der Waals surface area contributed by atoms with E-state index >= 15 is 0 Å². The van der Waals surface area contributed by atoms with Crippen LogP contribution in [-0.4, -0.2) is 24.0 Å². The lowest BCUT2D eigenvalue weighted by Gasteiger charge is -2.06. The lowest BCUT2D eigenvalue weighted by Crippen LogP contribution is -2.10. The molecule has 2 nitrogen and oxygen atoms in total. The zero-order chi connectivity index (χ0) is 9.84. The van der Waals surface area contributed by atoms with Crippen LogP contribution in [0.4, 0.5) is 0 Å². The normalized spacial score (nSPS) is 12.5. The van der Waals surface area contributed by atoms with E-state index in [9.17, 15) is 0 Å². The molecule has 1 aromatic heterocycles. The van der Waals surface area contributed by atoms with Crippen LogP contribution < -0.4 is 0 Å². The Morgan fingerprint density at radius 1 is 1.54 bits per heavy atom. The summed E-state index contributed by atoms with van der Waals surface area (Å²) in [6.07, 6.45) is 2.12. The average molecular weight is 180 g/mol. The quantitative estimate of drug-likeness (QED) is 0.757. The highest BCUT2D eigenvalue weighted by Gasteiger charge is 2.00. The molecule has 1 rings (SSSR count). The van der Waals surface area contributed by atoms with E-state index in [0.717, 1.165) is 6.54 Å². The Bertz CT molecular complexity index is 300. The molecule has 1 N–H and O–H groups in total. The maximum atomic E-state index is 3.39. The molecule has 1 heterocycles. The highest BCUT2D eigenvalue weighted by atomic mass is 15.1. The van der Waals surface area contributed by atoms with Crippen LogP contribution in [0.25, 0.3) is 5.57 Å². The highest BCUT2D eigenvalue weighted by molar-refractivity contribution is 5.60. The van der Waals surface area contributed by atoms with Gasteiger partial charge >= 0.3 is 0 Å². The largest absolute Gasteiger partial charge is 0.358 e. The summed E-state index contributed by atoms with van der Waals surface area (Å²) in [6, 6.07) is 4.27. The maximum absolute atomic E-state index is 3.39. The first-order valence-corrected chi connectivity index (χ1v) is 4.59. The van der Waals surface area contributed by atoms with Gasteiger partial charge in [0.2, 0.25) is 0 Å². The van der Waals surface area contributed by atoms with Gasteiger partial charge in [-0.1, -0.05) is 6.08 Å². The number of rotatable bonds is 3. The van der Waals surface area contributed by atoms with E-state index in [-0.39, 0.29) is 1.43 Å². The molecule has 0 aliphatic rings. The molecule has 13 heavy (non-hydrogen) atoms. The number of hydrogen-bond donors (Lipinski definition) is 1. The third-order valence-corrected chi connectivity index (χ3v) is 2.09. The minimum absolute atomic E-state index is 0. The van der Waals surface area contributed by atoms with E-state index in [4.69, 9.17) is 0 Å². The molecular formula is C11H20N2. The van der Waals surface area contributed by atoms with Gasteiger partial charge in [-0.05, 0) is 45.6 Å². The monoisotopic (exact) mass is 180 g/mol. The predicted octanol–water partition coefficient (Wildman–Crippen LogP) is 2.75. The summed E-state index contributed by atoms with van der Waals surface area (Å²) in [5.74, 6) is 0. The van der Waals surface area contributed by atoms with Crippen molar-refractivity contribution in [1.29, 1.82) is 0 Å². The van der Waals surface area contributed by atoms with E-state index in [1.165, 1.54) is 17.0 Å². The molecule has 0 amide bonds. The predicted molar refractivity (Wildman–Crippen MR) is 59.6 cm³/mol. The molecule has 0 unspecified atom stereocenters. The summed E-state index contributed by atoms with van der Waals surface area (Å²) in [5, 5.41) is 0. The van der Waals surface area contributed by atoms with Gasteiger partial charge in [0.15, 0.2) is 0 Å². The number of H-pyrrole nitrogens is 1. The minimum Gasteiger partial charge on any atom is -0.358 e. The Morgan fingerprint density at radius 2 is 2.23 bits per heavy atom. The standard InChI is InChI=1S/C11H18N2.H2/c1-5-9(2)11-7-6-10(12-11)8-13(3)4;/h5-7,12H,8H2,1-4H3;1H. The fourth-order valence-electron chi connectivity index (χ4n) is 1.26. The second-order valence-corrected chi connectivity index (χ2v) is 3.61. The number of hydrogen-bond acceptors (Lipinski definition) is 1. The first-order chi connectivity index (χ1) is 6.13. The van der Waals surface area contributed by atoms with Crippen LogP contribution in [0.2, 0.25) is 0 Å². The molecule has 0 aliphatic carbocycles. The van der Waals surface area contributed by atoms with Crippen molar-refractivity contribution >= 4 is 5.57 Å². The third-order valence-electron chi connectivity index (χ3n) is 2.09. The van der Waals surface area contributed by atoms with E-state index in [0.29, 0.717) is 0 Å². The Balaban J connectivity index is 0.00000169. The van der Waals surface area contributed by atoms with E-state index < -0.39 is 0 Å². The number of aromatic nitrogens is 1. The molecule has 0 spiro atoms. The van der Waals surface area contributed by atoms with Gasteiger partial charge in [-0.2, -0.15) is 0 Å². The number of allylic oxidation sites excluding steroid dienone is 2. The first-order valence-electron chi connectivity index (χ1n) is 4.59. The zero-order valence-corrected chi connectivity index (χ0v) is 8.89. The summed E-state index contributed by atoms with van der Waals surface area (Å²) >= 11 is 0. The molecule has 0 atom stereocenters. The van der Waals surface area contributed by atoms with Gasteiger partial charge in [0.25, 0.3) is 0 Å². The molecule has 2 heteroatoms. The van der Waals surface area contributed by atoms with Gasteiger partial charge in [0.05, 0.1) is 0 Å². The van der Waals surface area contributed by atoms with Gasteiger partial charge in [-0.15, -0.1) is 0 Å². The van der Waals surface area contributed by atoms with Crippen molar-refractivity contribution in [2.75, 3.05) is 14.1 Å². The van der Waals surface area contributed by atoms with Gasteiger partial charge in [-0.25, -0.2) is 0 Å². The molecular weight excluding hydrogens is 160 g/mol. The average Bonchev–Trinajstić information content (AvgIpc) is 2.50. The lowest BCUT2D eigenvalue weighted by molar-refractivity contribution is 0.397. The molecule has 0 fully saturated rings. The molecule has 0 bridgehead atoms. The fraction of sp³-hybridized carbons (Fsp3) is 0.455. The zero-order valence-electron chi connectivity index (χ0n) is 8.89. The van der Waals surface area contributed by atoms with Gasteiger partial charge in [0, 0.05) is 19.4 Å². The Morgan fingerprint density at radius 3 is 2.77 bits per heavy atom. The third kappa shape index (κ3) is 2.74. The van der Waals surface area contributed by atoms with Crippen LogP contribution in [0, 0.1) is 0 Å². The van der Waals surface area contributed by atoms with E-state index in [1.807, 2.05) is 0 Å². The topological polar surface area (TPSA) is 19.0 Å². The van der Waals surface area contributed by atoms with E-state index in [1.54, 1.807) is 0 Å². The van der Waals surface area contributed by atoms with Crippen LogP contribution in [-0.2, 0) is 6.54 Å². The summed E-state index contributed by atoms with van der Waals surface area (Å²) in [7, 11) is 4.14. The summed E-state index contributed by atoms with van der Waals surface area (Å²) in [5.41, 5.74) is 3.78. The van der Waals surface area contributed by atoms with Crippen molar-refractivity contribution in [3.8, 4) is 0 Å². The van der Waals surface area contributed by atoms with E-state index in [2.05, 4.69) is 56.0 Å². The number of aromatic amines is 1. The Labute approximate surface area is 81.8 Å². The highest BCUT2D eigenvalue weighted by Crippen LogP contribution is 2.13. The maximum Gasteiger partial charge on any atom is 0.0409 e.